The minimum absolute atomic E-state index is 0.163. The second kappa shape index (κ2) is 17.9. The molecular weight excluding hydrogens is 528 g/mol. The Morgan fingerprint density at radius 1 is 0.810 bits per heavy atom. The predicted molar refractivity (Wildman–Crippen MR) is 170 cm³/mol. The van der Waals surface area contributed by atoms with Crippen LogP contribution < -0.4 is 19.8 Å². The molecule has 2 aromatic carbocycles. The van der Waals surface area contributed by atoms with Crippen molar-refractivity contribution in [2.45, 2.75) is 91.9 Å². The number of rotatable bonds is 18. The lowest BCUT2D eigenvalue weighted by Gasteiger charge is -2.14. The Bertz CT molecular complexity index is 1380. The molecule has 0 radical (unpaired) electrons. The van der Waals surface area contributed by atoms with Crippen molar-refractivity contribution < 1.29 is 23.4 Å². The molecule has 0 N–H and O–H groups in total. The van der Waals surface area contributed by atoms with Gasteiger partial charge in [-0.3, -0.25) is 0 Å². The third-order valence-corrected chi connectivity index (χ3v) is 7.02. The highest BCUT2D eigenvalue weighted by molar-refractivity contribution is 5.94. The predicted octanol–water partition coefficient (Wildman–Crippen LogP) is 9.60. The van der Waals surface area contributed by atoms with E-state index in [-0.39, 0.29) is 23.7 Å². The van der Waals surface area contributed by atoms with Crippen molar-refractivity contribution in [3.8, 4) is 17.2 Å². The highest BCUT2D eigenvalue weighted by atomic mass is 16.6. The van der Waals surface area contributed by atoms with Crippen molar-refractivity contribution in [3.05, 3.63) is 87.8 Å². The van der Waals surface area contributed by atoms with Crippen LogP contribution in [0.3, 0.4) is 0 Å². The molecule has 1 aromatic heterocycles. The monoisotopic (exact) mass is 574 g/mol. The zero-order valence-electron chi connectivity index (χ0n) is 25.7. The Balaban J connectivity index is 1.80. The Labute approximate surface area is 250 Å². The SMILES string of the molecule is CCCCCCCCCCOc1cccc2c(OCC=C(C)CCC=C(C)C)c(OC(=O)c3ccccc3)c(=O)oc12. The number of carbonyl (C=O) groups is 1. The molecule has 0 aliphatic rings. The average molecular weight is 575 g/mol. The third kappa shape index (κ3) is 10.6. The first-order valence-electron chi connectivity index (χ1n) is 15.3. The third-order valence-electron chi connectivity index (χ3n) is 7.02. The van der Waals surface area contributed by atoms with E-state index in [0.717, 1.165) is 31.3 Å². The number of fused-ring (bicyclic) bond motifs is 1. The number of benzene rings is 2. The van der Waals surface area contributed by atoms with Crippen LogP contribution in [0, 0.1) is 0 Å². The highest BCUT2D eigenvalue weighted by Crippen LogP contribution is 2.37. The number of carbonyl (C=O) groups excluding carboxylic acids is 1. The number of allylic oxidation sites excluding steroid dienone is 3. The molecule has 6 heteroatoms. The van der Waals surface area contributed by atoms with Crippen LogP contribution >= 0.6 is 0 Å². The lowest BCUT2D eigenvalue weighted by molar-refractivity contribution is 0.0722. The minimum Gasteiger partial charge on any atom is -0.490 e. The van der Waals surface area contributed by atoms with Crippen LogP contribution in [-0.2, 0) is 0 Å². The van der Waals surface area contributed by atoms with Crippen LogP contribution in [0.2, 0.25) is 0 Å². The molecule has 42 heavy (non-hydrogen) atoms. The van der Waals surface area contributed by atoms with Gasteiger partial charge in [0.2, 0.25) is 0 Å². The maximum atomic E-state index is 13.2. The van der Waals surface area contributed by atoms with Crippen molar-refractivity contribution in [3.63, 3.8) is 0 Å². The van der Waals surface area contributed by atoms with Gasteiger partial charge < -0.3 is 18.6 Å². The topological polar surface area (TPSA) is 75.0 Å². The second-order valence-electron chi connectivity index (χ2n) is 10.9. The Morgan fingerprint density at radius 3 is 2.24 bits per heavy atom. The lowest BCUT2D eigenvalue weighted by Crippen LogP contribution is -2.16. The van der Waals surface area contributed by atoms with Gasteiger partial charge >= 0.3 is 11.6 Å². The molecular formula is C36H46O6. The summed E-state index contributed by atoms with van der Waals surface area (Å²) in [6, 6.07) is 13.9. The van der Waals surface area contributed by atoms with Gasteiger partial charge in [-0.2, -0.15) is 0 Å². The van der Waals surface area contributed by atoms with E-state index in [0.29, 0.717) is 23.3 Å². The number of esters is 1. The normalized spacial score (nSPS) is 11.4. The number of para-hydroxylation sites is 1. The van der Waals surface area contributed by atoms with Gasteiger partial charge in [0, 0.05) is 0 Å². The van der Waals surface area contributed by atoms with Gasteiger partial charge in [0.05, 0.1) is 17.6 Å². The van der Waals surface area contributed by atoms with E-state index in [9.17, 15) is 9.59 Å². The zero-order valence-corrected chi connectivity index (χ0v) is 25.7. The van der Waals surface area contributed by atoms with Gasteiger partial charge in [-0.1, -0.05) is 93.4 Å². The molecule has 0 unspecified atom stereocenters. The van der Waals surface area contributed by atoms with Crippen LogP contribution in [0.4, 0.5) is 0 Å². The van der Waals surface area contributed by atoms with Crippen LogP contribution in [0.1, 0.15) is 102 Å². The molecule has 0 saturated carbocycles. The molecule has 0 aliphatic heterocycles. The molecule has 3 rings (SSSR count). The number of ether oxygens (including phenoxy) is 3. The minimum atomic E-state index is -0.797. The van der Waals surface area contributed by atoms with Crippen LogP contribution in [-0.4, -0.2) is 19.2 Å². The number of unbranched alkanes of at least 4 members (excludes halogenated alkanes) is 7. The van der Waals surface area contributed by atoms with Gasteiger partial charge in [0.15, 0.2) is 17.1 Å². The van der Waals surface area contributed by atoms with Crippen molar-refractivity contribution in [1.29, 1.82) is 0 Å². The second-order valence-corrected chi connectivity index (χ2v) is 10.9. The summed E-state index contributed by atoms with van der Waals surface area (Å²) in [6.07, 6.45) is 15.6. The van der Waals surface area contributed by atoms with Gasteiger partial charge in [0.1, 0.15) is 6.61 Å². The maximum Gasteiger partial charge on any atom is 0.383 e. The summed E-state index contributed by atoms with van der Waals surface area (Å²) in [5.41, 5.74) is 2.25. The quantitative estimate of drug-likeness (QED) is 0.0652. The van der Waals surface area contributed by atoms with Gasteiger partial charge in [-0.25, -0.2) is 9.59 Å². The van der Waals surface area contributed by atoms with Crippen LogP contribution in [0.15, 0.2) is 81.0 Å². The molecule has 0 fully saturated rings. The van der Waals surface area contributed by atoms with E-state index >= 15 is 0 Å². The lowest BCUT2D eigenvalue weighted by atomic mass is 10.1. The molecule has 6 nitrogen and oxygen atoms in total. The van der Waals surface area contributed by atoms with Gasteiger partial charge in [-0.15, -0.1) is 0 Å². The molecule has 1 heterocycles. The Morgan fingerprint density at radius 2 is 1.52 bits per heavy atom. The summed E-state index contributed by atoms with van der Waals surface area (Å²) in [6.45, 7) is 9.17. The Hall–Kier alpha value is -3.80. The first-order valence-corrected chi connectivity index (χ1v) is 15.3. The number of hydrogen-bond donors (Lipinski definition) is 0. The molecule has 0 bridgehead atoms. The summed E-state index contributed by atoms with van der Waals surface area (Å²) in [5, 5.41) is 0.509. The summed E-state index contributed by atoms with van der Waals surface area (Å²) >= 11 is 0. The van der Waals surface area contributed by atoms with Crippen molar-refractivity contribution in [1.82, 2.24) is 0 Å². The first-order chi connectivity index (χ1) is 20.4. The fourth-order valence-electron chi connectivity index (χ4n) is 4.60. The molecule has 226 valence electrons. The highest BCUT2D eigenvalue weighted by Gasteiger charge is 2.23. The molecule has 0 saturated heterocycles. The summed E-state index contributed by atoms with van der Waals surface area (Å²) in [5.74, 6) is -0.307. The molecule has 0 spiro atoms. The number of hydrogen-bond acceptors (Lipinski definition) is 6. The van der Waals surface area contributed by atoms with Crippen molar-refractivity contribution in [2.24, 2.45) is 0 Å². The fraction of sp³-hybridized carbons (Fsp3) is 0.444. The maximum absolute atomic E-state index is 13.2. The van der Waals surface area contributed by atoms with E-state index in [1.807, 2.05) is 19.1 Å². The summed E-state index contributed by atoms with van der Waals surface area (Å²) in [7, 11) is 0. The van der Waals surface area contributed by atoms with E-state index < -0.39 is 11.6 Å². The van der Waals surface area contributed by atoms with E-state index in [1.165, 1.54) is 44.1 Å². The van der Waals surface area contributed by atoms with Crippen molar-refractivity contribution >= 4 is 16.9 Å². The fourth-order valence-corrected chi connectivity index (χ4v) is 4.60. The zero-order chi connectivity index (χ0) is 30.2. The summed E-state index contributed by atoms with van der Waals surface area (Å²) < 4.78 is 23.4. The molecule has 0 aliphatic carbocycles. The van der Waals surface area contributed by atoms with Crippen LogP contribution in [0.5, 0.6) is 17.2 Å². The smallest absolute Gasteiger partial charge is 0.383 e. The largest absolute Gasteiger partial charge is 0.490 e. The van der Waals surface area contributed by atoms with E-state index in [1.54, 1.807) is 42.5 Å². The van der Waals surface area contributed by atoms with Crippen LogP contribution in [0.25, 0.3) is 11.0 Å². The van der Waals surface area contributed by atoms with Gasteiger partial charge in [-0.05, 0) is 70.4 Å². The standard InChI is InChI=1S/C36H46O6/c1-5-6-7-8-9-10-11-15-25-39-31-23-17-22-30-32(31)41-36(38)34(42-35(37)29-20-13-12-14-21-29)33(30)40-26-24-28(4)19-16-18-27(2)3/h12-14,17-18,20-24H,5-11,15-16,19,25-26H2,1-4H3. The van der Waals surface area contributed by atoms with E-state index in [2.05, 4.69) is 26.8 Å². The van der Waals surface area contributed by atoms with E-state index in [4.69, 9.17) is 18.6 Å². The Kier molecular flexibility index (Phi) is 13.9. The summed E-state index contributed by atoms with van der Waals surface area (Å²) in [4.78, 5) is 26.1. The molecule has 0 amide bonds. The molecule has 3 aromatic rings. The van der Waals surface area contributed by atoms with Crippen molar-refractivity contribution in [2.75, 3.05) is 13.2 Å². The average Bonchev–Trinajstić information content (AvgIpc) is 2.98. The van der Waals surface area contributed by atoms with Gasteiger partial charge in [0.25, 0.3) is 5.75 Å². The molecule has 0 atom stereocenters. The first kappa shape index (κ1) is 32.7.